The van der Waals surface area contributed by atoms with Crippen molar-refractivity contribution in [2.75, 3.05) is 6.61 Å². The van der Waals surface area contributed by atoms with Crippen molar-refractivity contribution in [1.82, 2.24) is 0 Å². The van der Waals surface area contributed by atoms with Crippen LogP contribution in [0.2, 0.25) is 0 Å². The lowest BCUT2D eigenvalue weighted by Gasteiger charge is -2.57. The molecule has 1 aliphatic heterocycles. The lowest BCUT2D eigenvalue weighted by molar-refractivity contribution is -0.128. The Morgan fingerprint density at radius 1 is 1.06 bits per heavy atom. The number of ether oxygens (including phenoxy) is 1. The molecule has 34 heavy (non-hydrogen) atoms. The van der Waals surface area contributed by atoms with Gasteiger partial charge in [-0.25, -0.2) is 0 Å². The third kappa shape index (κ3) is 3.13. The Morgan fingerprint density at radius 3 is 2.59 bits per heavy atom. The Hall–Kier alpha value is -1.93. The van der Waals surface area contributed by atoms with Crippen LogP contribution >= 0.6 is 0 Å². The summed E-state index contributed by atoms with van der Waals surface area (Å²) in [6.45, 7) is 12.6. The summed E-state index contributed by atoms with van der Waals surface area (Å²) >= 11 is 0. The van der Waals surface area contributed by atoms with E-state index < -0.39 is 0 Å². The fraction of sp³-hybridized carbons (Fsp3) is 0.594. The van der Waals surface area contributed by atoms with E-state index in [-0.39, 0.29) is 11.0 Å². The van der Waals surface area contributed by atoms with Gasteiger partial charge < -0.3 is 4.74 Å². The topological polar surface area (TPSA) is 26.3 Å². The molecule has 2 nitrogen and oxygen atoms in total. The number of hydrogen-bond donors (Lipinski definition) is 0. The normalized spacial score (nSPS) is 37.5. The molecule has 180 valence electrons. The highest BCUT2D eigenvalue weighted by molar-refractivity contribution is 5.93. The molecule has 1 saturated heterocycles. The lowest BCUT2D eigenvalue weighted by atomic mass is 9.50. The number of benzene rings is 1. The molecule has 0 radical (unpaired) electrons. The number of allylic oxidation sites excluding steroid dienone is 4. The van der Waals surface area contributed by atoms with E-state index in [1.165, 1.54) is 35.1 Å². The highest BCUT2D eigenvalue weighted by Crippen LogP contribution is 2.69. The van der Waals surface area contributed by atoms with Crippen LogP contribution in [-0.2, 0) is 9.53 Å². The van der Waals surface area contributed by atoms with Crippen molar-refractivity contribution in [3.63, 3.8) is 0 Å². The van der Waals surface area contributed by atoms with E-state index in [0.717, 1.165) is 45.1 Å². The molecule has 0 amide bonds. The van der Waals surface area contributed by atoms with E-state index in [1.807, 2.05) is 6.08 Å². The minimum atomic E-state index is -0.152. The van der Waals surface area contributed by atoms with Gasteiger partial charge in [0.1, 0.15) is 0 Å². The molecule has 5 atom stereocenters. The zero-order valence-electron chi connectivity index (χ0n) is 21.3. The van der Waals surface area contributed by atoms with Crippen LogP contribution in [0, 0.1) is 17.3 Å². The van der Waals surface area contributed by atoms with Gasteiger partial charge in [0.15, 0.2) is 5.78 Å². The molecule has 0 N–H and O–H groups in total. The van der Waals surface area contributed by atoms with E-state index in [0.29, 0.717) is 35.9 Å². The van der Waals surface area contributed by atoms with Crippen molar-refractivity contribution in [1.29, 1.82) is 0 Å². The van der Waals surface area contributed by atoms with Crippen molar-refractivity contribution in [2.24, 2.45) is 17.3 Å². The van der Waals surface area contributed by atoms with E-state index >= 15 is 0 Å². The molecular weight excluding hydrogens is 416 g/mol. The fourth-order valence-corrected chi connectivity index (χ4v) is 8.71. The summed E-state index contributed by atoms with van der Waals surface area (Å²) in [7, 11) is 0. The fourth-order valence-electron chi connectivity index (χ4n) is 8.71. The van der Waals surface area contributed by atoms with Gasteiger partial charge >= 0.3 is 0 Å². The monoisotopic (exact) mass is 456 g/mol. The van der Waals surface area contributed by atoms with E-state index in [1.54, 1.807) is 11.1 Å². The van der Waals surface area contributed by atoms with Crippen LogP contribution in [0.15, 0.2) is 59.2 Å². The minimum Gasteiger partial charge on any atom is -0.370 e. The molecule has 1 aromatic rings. The van der Waals surface area contributed by atoms with E-state index in [9.17, 15) is 4.79 Å². The Labute approximate surface area is 205 Å². The van der Waals surface area contributed by atoms with Crippen LogP contribution in [0.1, 0.15) is 102 Å². The van der Waals surface area contributed by atoms with Gasteiger partial charge in [0, 0.05) is 24.4 Å². The molecule has 1 heterocycles. The van der Waals surface area contributed by atoms with Gasteiger partial charge in [0.2, 0.25) is 0 Å². The zero-order valence-corrected chi connectivity index (χ0v) is 21.3. The SMILES string of the molecule is C=C1CCCO[C@@]12CC[C@H]1[C@@H]3CCC4=CC(=O)CCC4=C3[C@H](c3ccc(C(C)C)cc3)C[C@@]12C. The summed E-state index contributed by atoms with van der Waals surface area (Å²) in [5, 5.41) is 0. The van der Waals surface area contributed by atoms with Gasteiger partial charge in [0.25, 0.3) is 0 Å². The van der Waals surface area contributed by atoms with Crippen LogP contribution in [0.3, 0.4) is 0 Å². The van der Waals surface area contributed by atoms with Crippen molar-refractivity contribution < 1.29 is 9.53 Å². The van der Waals surface area contributed by atoms with Crippen molar-refractivity contribution in [2.45, 2.75) is 96.0 Å². The second-order valence-electron chi connectivity index (χ2n) is 12.2. The first-order valence-electron chi connectivity index (χ1n) is 13.7. The number of carbonyl (C=O) groups is 1. The smallest absolute Gasteiger partial charge is 0.156 e. The average molecular weight is 457 g/mol. The van der Waals surface area contributed by atoms with Gasteiger partial charge in [-0.2, -0.15) is 0 Å². The third-order valence-electron chi connectivity index (χ3n) is 10.4. The number of hydrogen-bond acceptors (Lipinski definition) is 2. The molecule has 0 bridgehead atoms. The molecule has 1 spiro atoms. The second kappa shape index (κ2) is 8.05. The predicted octanol–water partition coefficient (Wildman–Crippen LogP) is 7.81. The molecule has 2 saturated carbocycles. The number of rotatable bonds is 2. The van der Waals surface area contributed by atoms with Crippen molar-refractivity contribution in [3.8, 4) is 0 Å². The lowest BCUT2D eigenvalue weighted by Crippen LogP contribution is -2.55. The standard InChI is InChI=1S/C32H40O2/c1-20(2)22-7-9-23(10-8-22)28-19-31(4)29(15-16-32(31)21(3)6-5-17-34-32)27-13-11-24-18-25(33)12-14-26(24)30(27)28/h7-10,18,20,27-29H,3,5-6,11-17,19H2,1-2,4H3/t27-,28-,29-,31-,32-/m0/s1. The van der Waals surface area contributed by atoms with Gasteiger partial charge in [0.05, 0.1) is 5.60 Å². The molecule has 0 unspecified atom stereocenters. The number of fused-ring (bicyclic) bond motifs is 5. The molecule has 6 rings (SSSR count). The molecule has 4 aliphatic carbocycles. The summed E-state index contributed by atoms with van der Waals surface area (Å²) in [6, 6.07) is 9.50. The van der Waals surface area contributed by atoms with Gasteiger partial charge in [-0.15, -0.1) is 0 Å². The Bertz CT molecular complexity index is 1090. The molecule has 5 aliphatic rings. The summed E-state index contributed by atoms with van der Waals surface area (Å²) < 4.78 is 6.77. The molecule has 1 aromatic carbocycles. The average Bonchev–Trinajstić information content (AvgIpc) is 3.12. The molecule has 2 heteroatoms. The van der Waals surface area contributed by atoms with Gasteiger partial charge in [-0.05, 0) is 103 Å². The van der Waals surface area contributed by atoms with Gasteiger partial charge in [-0.1, -0.05) is 57.2 Å². The molecule has 3 fully saturated rings. The Kier molecular flexibility index (Phi) is 5.33. The minimum absolute atomic E-state index is 0.117. The largest absolute Gasteiger partial charge is 0.370 e. The van der Waals surface area contributed by atoms with Crippen molar-refractivity contribution >= 4 is 5.78 Å². The highest BCUT2D eigenvalue weighted by Gasteiger charge is 2.65. The maximum absolute atomic E-state index is 12.3. The van der Waals surface area contributed by atoms with Crippen LogP contribution in [0.5, 0.6) is 0 Å². The first-order chi connectivity index (χ1) is 16.3. The first-order valence-corrected chi connectivity index (χ1v) is 13.7. The summed E-state index contributed by atoms with van der Waals surface area (Å²) in [4.78, 5) is 12.3. The van der Waals surface area contributed by atoms with Gasteiger partial charge in [-0.3, -0.25) is 4.79 Å². The quantitative estimate of drug-likeness (QED) is 0.424. The van der Waals surface area contributed by atoms with Crippen LogP contribution in [0.4, 0.5) is 0 Å². The van der Waals surface area contributed by atoms with Crippen LogP contribution in [-0.4, -0.2) is 18.0 Å². The van der Waals surface area contributed by atoms with E-state index in [4.69, 9.17) is 4.74 Å². The Balaban J connectivity index is 1.50. The maximum atomic E-state index is 12.3. The number of ketones is 1. The third-order valence-corrected chi connectivity index (χ3v) is 10.4. The first kappa shape index (κ1) is 22.5. The van der Waals surface area contributed by atoms with Crippen molar-refractivity contribution in [3.05, 3.63) is 70.3 Å². The maximum Gasteiger partial charge on any atom is 0.156 e. The van der Waals surface area contributed by atoms with Crippen LogP contribution in [0.25, 0.3) is 0 Å². The summed E-state index contributed by atoms with van der Waals surface area (Å²) in [5.41, 5.74) is 8.76. The highest BCUT2D eigenvalue weighted by atomic mass is 16.5. The summed E-state index contributed by atoms with van der Waals surface area (Å²) in [5.74, 6) is 2.53. The number of carbonyl (C=O) groups excluding carboxylic acids is 1. The zero-order chi connectivity index (χ0) is 23.7. The summed E-state index contributed by atoms with van der Waals surface area (Å²) in [6.07, 6.45) is 11.6. The molecule has 0 aromatic heterocycles. The van der Waals surface area contributed by atoms with E-state index in [2.05, 4.69) is 51.6 Å². The Morgan fingerprint density at radius 2 is 1.85 bits per heavy atom. The predicted molar refractivity (Wildman–Crippen MR) is 138 cm³/mol. The second-order valence-corrected chi connectivity index (χ2v) is 12.2. The van der Waals surface area contributed by atoms with Crippen LogP contribution < -0.4 is 0 Å². The molecular formula is C32H40O2.